The molecule has 0 aliphatic heterocycles. The Morgan fingerprint density at radius 2 is 1.61 bits per heavy atom. The summed E-state index contributed by atoms with van der Waals surface area (Å²) in [4.78, 5) is 0. The SMILES string of the molecule is CCCCC[C@H]1CC[C@H](/C=C/C#C/C=C/c2ccc(OCCCC)cc2)CC1. The quantitative estimate of drug-likeness (QED) is 0.298. The monoisotopic (exact) mass is 378 g/mol. The first kappa shape index (κ1) is 22.4. The van der Waals surface area contributed by atoms with Crippen molar-refractivity contribution in [1.29, 1.82) is 0 Å². The zero-order chi connectivity index (χ0) is 19.9. The van der Waals surface area contributed by atoms with Crippen LogP contribution in [0, 0.1) is 23.7 Å². The van der Waals surface area contributed by atoms with Crippen molar-refractivity contribution in [2.45, 2.75) is 78.1 Å². The van der Waals surface area contributed by atoms with Crippen LogP contribution in [0.15, 0.2) is 42.5 Å². The van der Waals surface area contributed by atoms with Crippen molar-refractivity contribution in [2.75, 3.05) is 6.61 Å². The molecule has 1 saturated carbocycles. The van der Waals surface area contributed by atoms with Crippen molar-refractivity contribution in [1.82, 2.24) is 0 Å². The molecule has 0 spiro atoms. The lowest BCUT2D eigenvalue weighted by molar-refractivity contribution is 0.289. The topological polar surface area (TPSA) is 9.23 Å². The highest BCUT2D eigenvalue weighted by atomic mass is 16.5. The van der Waals surface area contributed by atoms with E-state index in [1.807, 2.05) is 18.2 Å². The molecule has 1 aliphatic carbocycles. The van der Waals surface area contributed by atoms with E-state index in [2.05, 4.69) is 56.0 Å². The second-order valence-corrected chi connectivity index (χ2v) is 8.03. The number of rotatable bonds is 10. The summed E-state index contributed by atoms with van der Waals surface area (Å²) in [5.41, 5.74) is 1.16. The zero-order valence-electron chi connectivity index (χ0n) is 18.0. The molecule has 28 heavy (non-hydrogen) atoms. The molecule has 152 valence electrons. The van der Waals surface area contributed by atoms with Crippen molar-refractivity contribution in [2.24, 2.45) is 11.8 Å². The fraction of sp³-hybridized carbons (Fsp3) is 0.556. The Labute approximate surface area is 173 Å². The Hall–Kier alpha value is -1.94. The molecular formula is C27H38O. The van der Waals surface area contributed by atoms with E-state index in [1.54, 1.807) is 0 Å². The van der Waals surface area contributed by atoms with E-state index < -0.39 is 0 Å². The van der Waals surface area contributed by atoms with Gasteiger partial charge in [-0.05, 0) is 79.9 Å². The predicted molar refractivity (Wildman–Crippen MR) is 122 cm³/mol. The molecule has 1 nitrogen and oxygen atoms in total. The molecule has 0 atom stereocenters. The first-order chi connectivity index (χ1) is 13.8. The van der Waals surface area contributed by atoms with Crippen LogP contribution in [0.25, 0.3) is 6.08 Å². The molecule has 0 amide bonds. The Kier molecular flexibility index (Phi) is 11.3. The molecule has 0 aromatic heterocycles. The Balaban J connectivity index is 1.66. The summed E-state index contributed by atoms with van der Waals surface area (Å²) in [6.07, 6.45) is 21.7. The van der Waals surface area contributed by atoms with Gasteiger partial charge >= 0.3 is 0 Å². The van der Waals surface area contributed by atoms with E-state index in [0.29, 0.717) is 0 Å². The molecule has 0 bridgehead atoms. The maximum Gasteiger partial charge on any atom is 0.119 e. The molecular weight excluding hydrogens is 340 g/mol. The molecule has 0 N–H and O–H groups in total. The Bertz CT molecular complexity index is 633. The molecule has 1 aromatic rings. The van der Waals surface area contributed by atoms with Gasteiger partial charge in [0.05, 0.1) is 6.61 Å². The van der Waals surface area contributed by atoms with Crippen LogP contribution in [0.4, 0.5) is 0 Å². The van der Waals surface area contributed by atoms with Gasteiger partial charge in [0, 0.05) is 0 Å². The van der Waals surface area contributed by atoms with Crippen molar-refractivity contribution in [3.63, 3.8) is 0 Å². The van der Waals surface area contributed by atoms with Crippen LogP contribution in [0.5, 0.6) is 5.75 Å². The van der Waals surface area contributed by atoms with Gasteiger partial charge in [-0.3, -0.25) is 0 Å². The normalized spacial score (nSPS) is 19.6. The van der Waals surface area contributed by atoms with Gasteiger partial charge in [-0.25, -0.2) is 0 Å². The van der Waals surface area contributed by atoms with Crippen LogP contribution in [0.3, 0.4) is 0 Å². The van der Waals surface area contributed by atoms with E-state index in [9.17, 15) is 0 Å². The van der Waals surface area contributed by atoms with Gasteiger partial charge in [0.25, 0.3) is 0 Å². The summed E-state index contributed by atoms with van der Waals surface area (Å²) in [6, 6.07) is 8.21. The summed E-state index contributed by atoms with van der Waals surface area (Å²) in [5, 5.41) is 0. The number of unbranched alkanes of at least 4 members (excludes halogenated alkanes) is 3. The van der Waals surface area contributed by atoms with Gasteiger partial charge in [0.1, 0.15) is 5.75 Å². The van der Waals surface area contributed by atoms with Gasteiger partial charge in [0.2, 0.25) is 0 Å². The number of hydrogen-bond donors (Lipinski definition) is 0. The van der Waals surface area contributed by atoms with Gasteiger partial charge in [-0.15, -0.1) is 0 Å². The lowest BCUT2D eigenvalue weighted by Gasteiger charge is -2.26. The average Bonchev–Trinajstić information content (AvgIpc) is 2.73. The van der Waals surface area contributed by atoms with E-state index in [-0.39, 0.29) is 0 Å². The second-order valence-electron chi connectivity index (χ2n) is 8.03. The molecule has 2 rings (SSSR count). The number of benzene rings is 1. The van der Waals surface area contributed by atoms with Crippen LogP contribution in [0.1, 0.15) is 83.6 Å². The Morgan fingerprint density at radius 3 is 2.32 bits per heavy atom. The smallest absolute Gasteiger partial charge is 0.119 e. The molecule has 1 fully saturated rings. The van der Waals surface area contributed by atoms with E-state index >= 15 is 0 Å². The van der Waals surface area contributed by atoms with Crippen molar-refractivity contribution < 1.29 is 4.74 Å². The van der Waals surface area contributed by atoms with E-state index in [4.69, 9.17) is 4.74 Å². The summed E-state index contributed by atoms with van der Waals surface area (Å²) >= 11 is 0. The molecule has 1 aliphatic rings. The van der Waals surface area contributed by atoms with Crippen molar-refractivity contribution in [3.05, 3.63) is 48.1 Å². The highest BCUT2D eigenvalue weighted by molar-refractivity contribution is 5.54. The lowest BCUT2D eigenvalue weighted by Crippen LogP contribution is -2.12. The highest BCUT2D eigenvalue weighted by Gasteiger charge is 2.18. The van der Waals surface area contributed by atoms with Crippen LogP contribution in [-0.4, -0.2) is 6.61 Å². The molecule has 0 heterocycles. The minimum Gasteiger partial charge on any atom is -0.494 e. The Morgan fingerprint density at radius 1 is 0.893 bits per heavy atom. The fourth-order valence-electron chi connectivity index (χ4n) is 3.78. The molecule has 1 aromatic carbocycles. The van der Waals surface area contributed by atoms with E-state index in [0.717, 1.165) is 42.6 Å². The standard InChI is InChI=1S/C27H38O/c1-3-5-9-12-24-15-17-25(18-16-24)13-10-7-8-11-14-26-19-21-27(22-20-26)28-23-6-4-2/h10-11,13-14,19-22,24-25H,3-6,9,12,15-18,23H2,1-2H3/b13-10+,14-11+/t24-,25-. The van der Waals surface area contributed by atoms with E-state index in [1.165, 1.54) is 51.4 Å². The first-order valence-electron chi connectivity index (χ1n) is 11.4. The lowest BCUT2D eigenvalue weighted by atomic mass is 9.79. The third-order valence-corrected chi connectivity index (χ3v) is 5.65. The summed E-state index contributed by atoms with van der Waals surface area (Å²) < 4.78 is 5.69. The van der Waals surface area contributed by atoms with Gasteiger partial charge in [-0.1, -0.05) is 76.0 Å². The third-order valence-electron chi connectivity index (χ3n) is 5.65. The van der Waals surface area contributed by atoms with Crippen LogP contribution in [-0.2, 0) is 0 Å². The molecule has 0 radical (unpaired) electrons. The number of ether oxygens (including phenoxy) is 1. The van der Waals surface area contributed by atoms with Crippen molar-refractivity contribution >= 4 is 6.08 Å². The van der Waals surface area contributed by atoms with Crippen LogP contribution in [0.2, 0.25) is 0 Å². The first-order valence-corrected chi connectivity index (χ1v) is 11.4. The third kappa shape index (κ3) is 9.32. The van der Waals surface area contributed by atoms with Gasteiger partial charge < -0.3 is 4.74 Å². The molecule has 0 unspecified atom stereocenters. The average molecular weight is 379 g/mol. The second kappa shape index (κ2) is 14.1. The van der Waals surface area contributed by atoms with Crippen LogP contribution >= 0.6 is 0 Å². The number of allylic oxidation sites excluding steroid dienone is 3. The maximum atomic E-state index is 5.69. The largest absolute Gasteiger partial charge is 0.494 e. The summed E-state index contributed by atoms with van der Waals surface area (Å²) in [6.45, 7) is 5.26. The highest BCUT2D eigenvalue weighted by Crippen LogP contribution is 2.32. The molecule has 1 heteroatoms. The van der Waals surface area contributed by atoms with Gasteiger partial charge in [-0.2, -0.15) is 0 Å². The van der Waals surface area contributed by atoms with Crippen LogP contribution < -0.4 is 4.74 Å². The van der Waals surface area contributed by atoms with Crippen molar-refractivity contribution in [3.8, 4) is 17.6 Å². The predicted octanol–water partition coefficient (Wildman–Crippen LogP) is 7.83. The summed E-state index contributed by atoms with van der Waals surface area (Å²) in [7, 11) is 0. The fourth-order valence-corrected chi connectivity index (χ4v) is 3.78. The minimum atomic E-state index is 0.737. The summed E-state index contributed by atoms with van der Waals surface area (Å²) in [5.74, 6) is 8.95. The minimum absolute atomic E-state index is 0.737. The maximum absolute atomic E-state index is 5.69. The number of hydrogen-bond acceptors (Lipinski definition) is 1. The van der Waals surface area contributed by atoms with Gasteiger partial charge in [0.15, 0.2) is 0 Å². The molecule has 0 saturated heterocycles. The zero-order valence-corrected chi connectivity index (χ0v) is 18.0.